The molecule has 4 bridgehead atoms. The number of rotatable bonds is 6. The van der Waals surface area contributed by atoms with E-state index in [0.29, 0.717) is 25.1 Å². The molecule has 0 spiro atoms. The van der Waals surface area contributed by atoms with Crippen molar-refractivity contribution in [3.63, 3.8) is 0 Å². The SMILES string of the molecule is CCOC(=O)Cc1cccc([C@@]2(C)CCCC(C)(C)CS(=O)(=O)CCc3c(c(F)cc4c3ccn4S(=O)(=O)c3ccc(C)cc3)S(=O)c3ccc(F)c(c3)-c3nc2nn3C)c1. The molecular formula is C45H48F2N4O7S3. The Morgan fingerprint density at radius 1 is 0.967 bits per heavy atom. The molecule has 0 saturated heterocycles. The molecule has 1 aliphatic heterocycles. The minimum atomic E-state index is -4.22. The summed E-state index contributed by atoms with van der Waals surface area (Å²) in [5, 5.41) is 5.01. The number of nitrogens with zero attached hydrogens (tertiary/aromatic N) is 4. The highest BCUT2D eigenvalue weighted by atomic mass is 32.2. The van der Waals surface area contributed by atoms with Crippen LogP contribution < -0.4 is 0 Å². The van der Waals surface area contributed by atoms with E-state index in [4.69, 9.17) is 14.8 Å². The molecule has 7 rings (SSSR count). The van der Waals surface area contributed by atoms with Crippen LogP contribution in [-0.4, -0.2) is 63.9 Å². The summed E-state index contributed by atoms with van der Waals surface area (Å²) < 4.78 is 111. The summed E-state index contributed by atoms with van der Waals surface area (Å²) >= 11 is 0. The third kappa shape index (κ3) is 8.85. The number of aromatic nitrogens is 4. The van der Waals surface area contributed by atoms with Gasteiger partial charge in [0.05, 0.1) is 61.6 Å². The lowest BCUT2D eigenvalue weighted by Crippen LogP contribution is -2.29. The quantitative estimate of drug-likeness (QED) is 0.152. The molecule has 6 aromatic rings. The van der Waals surface area contributed by atoms with E-state index < -0.39 is 58.9 Å². The first-order valence-corrected chi connectivity index (χ1v) is 24.4. The van der Waals surface area contributed by atoms with Gasteiger partial charge in [0.1, 0.15) is 11.6 Å². The minimum Gasteiger partial charge on any atom is -0.466 e. The Morgan fingerprint density at radius 3 is 2.43 bits per heavy atom. The fourth-order valence-corrected chi connectivity index (χ4v) is 12.9. The Labute approximate surface area is 357 Å². The molecule has 0 saturated carbocycles. The predicted molar refractivity (Wildman–Crippen MR) is 230 cm³/mol. The largest absolute Gasteiger partial charge is 0.466 e. The average Bonchev–Trinajstić information content (AvgIpc) is 3.80. The molecule has 0 N–H and O–H groups in total. The standard InChI is InChI=1S/C45H48F2N4O7S3/c1-7-58-40(52)25-30-10-8-11-31(24-30)45(5)21-9-20-44(3,4)28-60(54,55)23-19-35-34-18-22-51(61(56,57)33-15-12-29(2)13-16-33)39(34)27-38(47)41(35)59(53)32-14-17-37(46)36(26-32)42-48-43(45)49-50(42)6/h8,10-18,22,24,26-27H,7,9,19-21,23,25,28H2,1-6H3/t45-,59?/m1/s1. The van der Waals surface area contributed by atoms with Crippen molar-refractivity contribution >= 4 is 47.5 Å². The molecule has 0 amide bonds. The number of esters is 1. The highest BCUT2D eigenvalue weighted by Crippen LogP contribution is 2.40. The molecule has 1 unspecified atom stereocenters. The van der Waals surface area contributed by atoms with Crippen molar-refractivity contribution in [3.8, 4) is 11.4 Å². The van der Waals surface area contributed by atoms with Crippen LogP contribution in [0.5, 0.6) is 0 Å². The molecule has 2 aromatic heterocycles. The van der Waals surface area contributed by atoms with Crippen molar-refractivity contribution in [3.05, 3.63) is 125 Å². The third-order valence-electron chi connectivity index (χ3n) is 11.4. The van der Waals surface area contributed by atoms with Gasteiger partial charge in [0.2, 0.25) is 0 Å². The molecule has 4 aromatic carbocycles. The van der Waals surface area contributed by atoms with Crippen molar-refractivity contribution in [2.75, 3.05) is 18.1 Å². The number of hydrogen-bond donors (Lipinski definition) is 0. The lowest BCUT2D eigenvalue weighted by Gasteiger charge is -2.30. The summed E-state index contributed by atoms with van der Waals surface area (Å²) in [5.74, 6) is -2.26. The predicted octanol–water partition coefficient (Wildman–Crippen LogP) is 8.01. The number of hydrogen-bond acceptors (Lipinski definition) is 9. The number of benzene rings is 4. The van der Waals surface area contributed by atoms with Gasteiger partial charge in [-0.2, -0.15) is 5.10 Å². The molecular weight excluding hydrogens is 843 g/mol. The van der Waals surface area contributed by atoms with Gasteiger partial charge in [-0.1, -0.05) is 62.2 Å². The molecule has 2 atom stereocenters. The zero-order valence-corrected chi connectivity index (χ0v) is 37.3. The van der Waals surface area contributed by atoms with E-state index in [-0.39, 0.29) is 73.7 Å². The first kappa shape index (κ1) is 44.0. The van der Waals surface area contributed by atoms with Gasteiger partial charge in [-0.15, -0.1) is 0 Å². The highest BCUT2D eigenvalue weighted by Gasteiger charge is 2.37. The third-order valence-corrected chi connectivity index (χ3v) is 16.6. The van der Waals surface area contributed by atoms with Crippen molar-refractivity contribution in [1.82, 2.24) is 18.7 Å². The molecule has 1 aliphatic rings. The molecule has 0 fully saturated rings. The van der Waals surface area contributed by atoms with Crippen molar-refractivity contribution < 1.29 is 39.4 Å². The Morgan fingerprint density at radius 2 is 1.70 bits per heavy atom. The van der Waals surface area contributed by atoms with E-state index >= 15 is 8.78 Å². The van der Waals surface area contributed by atoms with Crippen LogP contribution >= 0.6 is 0 Å². The van der Waals surface area contributed by atoms with Crippen LogP contribution in [0.15, 0.2) is 99.7 Å². The number of sulfone groups is 1. The number of aryl methyl sites for hydroxylation is 3. The Kier molecular flexibility index (Phi) is 12.0. The lowest BCUT2D eigenvalue weighted by molar-refractivity contribution is -0.142. The summed E-state index contributed by atoms with van der Waals surface area (Å²) in [6.07, 6.45) is 2.52. The Hall–Kier alpha value is -5.06. The van der Waals surface area contributed by atoms with Gasteiger partial charge < -0.3 is 4.74 Å². The van der Waals surface area contributed by atoms with Gasteiger partial charge in [0.15, 0.2) is 21.5 Å². The maximum Gasteiger partial charge on any atom is 0.310 e. The molecule has 322 valence electrons. The summed E-state index contributed by atoms with van der Waals surface area (Å²) in [5.41, 5.74) is 0.707. The van der Waals surface area contributed by atoms with Crippen LogP contribution in [0.1, 0.15) is 75.0 Å². The second kappa shape index (κ2) is 16.7. The summed E-state index contributed by atoms with van der Waals surface area (Å²) in [6, 6.07) is 19.8. The Bertz CT molecular complexity index is 2930. The van der Waals surface area contributed by atoms with E-state index in [9.17, 15) is 25.8 Å². The smallest absolute Gasteiger partial charge is 0.310 e. The van der Waals surface area contributed by atoms with Gasteiger partial charge in [-0.3, -0.25) is 4.79 Å². The number of ether oxygens (including phenoxy) is 1. The van der Waals surface area contributed by atoms with Crippen LogP contribution in [0.4, 0.5) is 8.78 Å². The van der Waals surface area contributed by atoms with Crippen molar-refractivity contribution in [1.29, 1.82) is 0 Å². The lowest BCUT2D eigenvalue weighted by atomic mass is 9.75. The van der Waals surface area contributed by atoms with E-state index in [0.717, 1.165) is 32.8 Å². The molecule has 11 nitrogen and oxygen atoms in total. The molecule has 3 heterocycles. The van der Waals surface area contributed by atoms with Crippen LogP contribution in [0.2, 0.25) is 0 Å². The van der Waals surface area contributed by atoms with Gasteiger partial charge in [-0.05, 0) is 98.5 Å². The molecule has 0 aliphatic carbocycles. The van der Waals surface area contributed by atoms with E-state index in [1.807, 2.05) is 52.0 Å². The van der Waals surface area contributed by atoms with Gasteiger partial charge in [0, 0.05) is 29.6 Å². The van der Waals surface area contributed by atoms with Crippen LogP contribution in [0, 0.1) is 24.0 Å². The van der Waals surface area contributed by atoms with Crippen molar-refractivity contribution in [2.24, 2.45) is 12.5 Å². The summed E-state index contributed by atoms with van der Waals surface area (Å²) in [7, 11) is -8.81. The second-order valence-corrected chi connectivity index (χ2v) is 22.1. The van der Waals surface area contributed by atoms with Crippen LogP contribution in [0.25, 0.3) is 22.3 Å². The monoisotopic (exact) mass is 890 g/mol. The van der Waals surface area contributed by atoms with Gasteiger partial charge in [-0.25, -0.2) is 43.5 Å². The van der Waals surface area contributed by atoms with Crippen molar-refractivity contribution in [2.45, 2.75) is 86.8 Å². The summed E-state index contributed by atoms with van der Waals surface area (Å²) in [4.78, 5) is 17.0. The van der Waals surface area contributed by atoms with Gasteiger partial charge in [0.25, 0.3) is 10.0 Å². The Balaban J connectivity index is 1.40. The normalized spacial score (nSPS) is 19.4. The van der Waals surface area contributed by atoms with Gasteiger partial charge >= 0.3 is 5.97 Å². The first-order chi connectivity index (χ1) is 28.7. The van der Waals surface area contributed by atoms with E-state index in [1.165, 1.54) is 41.2 Å². The van der Waals surface area contributed by atoms with Crippen LogP contribution in [-0.2, 0) is 65.5 Å². The number of carbonyl (C=O) groups is 1. The maximum atomic E-state index is 16.7. The number of halogens is 2. The number of fused-ring (bicyclic) bond motifs is 8. The number of carbonyl (C=O) groups excluding carboxylic acids is 1. The average molecular weight is 891 g/mol. The maximum absolute atomic E-state index is 16.7. The zero-order valence-electron chi connectivity index (χ0n) is 34.9. The molecule has 61 heavy (non-hydrogen) atoms. The fraction of sp³-hybridized carbons (Fsp3) is 0.356. The fourth-order valence-electron chi connectivity index (χ4n) is 8.23. The highest BCUT2D eigenvalue weighted by molar-refractivity contribution is 7.91. The van der Waals surface area contributed by atoms with Crippen LogP contribution in [0.3, 0.4) is 0 Å². The first-order valence-electron chi connectivity index (χ1n) is 20.0. The summed E-state index contributed by atoms with van der Waals surface area (Å²) in [6.45, 7) is 9.49. The zero-order chi connectivity index (χ0) is 44.1. The second-order valence-electron chi connectivity index (χ2n) is 16.7. The molecule has 0 radical (unpaired) electrons. The minimum absolute atomic E-state index is 0.00620. The van der Waals surface area contributed by atoms with E-state index in [1.54, 1.807) is 26.1 Å². The molecule has 16 heteroatoms. The van der Waals surface area contributed by atoms with E-state index in [2.05, 4.69) is 0 Å². The topological polar surface area (TPSA) is 147 Å².